The summed E-state index contributed by atoms with van der Waals surface area (Å²) >= 11 is 0. The van der Waals surface area contributed by atoms with Gasteiger partial charge in [-0.1, -0.05) is 6.58 Å². The van der Waals surface area contributed by atoms with E-state index < -0.39 is 29.8 Å². The molecule has 0 amide bonds. The van der Waals surface area contributed by atoms with E-state index in [1.54, 1.807) is 6.92 Å². The molecule has 0 unspecified atom stereocenters. The normalized spacial score (nSPS) is 10.8. The van der Waals surface area contributed by atoms with Crippen molar-refractivity contribution < 1.29 is 32.9 Å². The Bertz CT molecular complexity index is 875. The van der Waals surface area contributed by atoms with Gasteiger partial charge < -0.3 is 14.9 Å². The first kappa shape index (κ1) is 21.2. The highest BCUT2D eigenvalue weighted by Crippen LogP contribution is 2.32. The molecule has 0 saturated heterocycles. The first-order valence-corrected chi connectivity index (χ1v) is 7.25. The minimum absolute atomic E-state index is 0.0547. The van der Waals surface area contributed by atoms with Crippen LogP contribution in [0.1, 0.15) is 18.2 Å². The van der Waals surface area contributed by atoms with Gasteiger partial charge in [0.05, 0.1) is 17.6 Å². The highest BCUT2D eigenvalue weighted by molar-refractivity contribution is 5.90. The molecular formula is C16H17F3N2O5. The number of nitrogens with zero attached hydrogens (tertiary/aromatic N) is 2. The number of carboxylic acid groups (broad SMARTS) is 1. The molecule has 0 aliphatic heterocycles. The average Bonchev–Trinajstić information content (AvgIpc) is 2.57. The van der Waals surface area contributed by atoms with Gasteiger partial charge in [0.1, 0.15) is 18.0 Å². The third-order valence-electron chi connectivity index (χ3n) is 3.16. The Morgan fingerprint density at radius 2 is 1.92 bits per heavy atom. The van der Waals surface area contributed by atoms with E-state index in [0.717, 1.165) is 25.3 Å². The van der Waals surface area contributed by atoms with Crippen LogP contribution in [0, 0.1) is 0 Å². The zero-order chi connectivity index (χ0) is 20.1. The summed E-state index contributed by atoms with van der Waals surface area (Å²) in [4.78, 5) is 23.1. The van der Waals surface area contributed by atoms with Crippen molar-refractivity contribution in [3.8, 4) is 0 Å². The maximum atomic E-state index is 12.9. The summed E-state index contributed by atoms with van der Waals surface area (Å²) in [6, 6.07) is 2.51. The molecule has 26 heavy (non-hydrogen) atoms. The molecule has 2 rings (SSSR count). The largest absolute Gasteiger partial charge is 0.492 e. The quantitative estimate of drug-likeness (QED) is 0.778. The topological polar surface area (TPSA) is 102 Å². The summed E-state index contributed by atoms with van der Waals surface area (Å²) in [5, 5.41) is 19.5. The number of aliphatic carboxylic acids is 1. The van der Waals surface area contributed by atoms with Gasteiger partial charge in [-0.3, -0.25) is 9.59 Å². The van der Waals surface area contributed by atoms with Gasteiger partial charge in [-0.2, -0.15) is 18.3 Å². The first-order chi connectivity index (χ1) is 12.1. The monoisotopic (exact) mass is 374 g/mol. The molecule has 0 saturated carbocycles. The number of aromatic nitrogens is 2. The van der Waals surface area contributed by atoms with Crippen molar-refractivity contribution in [3.05, 3.63) is 46.4 Å². The van der Waals surface area contributed by atoms with Crippen LogP contribution in [0.5, 0.6) is 0 Å². The van der Waals surface area contributed by atoms with Crippen LogP contribution in [0.25, 0.3) is 16.5 Å². The van der Waals surface area contributed by atoms with E-state index in [9.17, 15) is 22.8 Å². The Balaban J connectivity index is 0.00000163. The fraction of sp³-hybridized carbons (Fsp3) is 0.312. The minimum atomic E-state index is -4.60. The number of aliphatic hydroxyl groups excluding tert-OH is 1. The number of rotatable bonds is 5. The van der Waals surface area contributed by atoms with Crippen LogP contribution in [0.2, 0.25) is 0 Å². The maximum absolute atomic E-state index is 12.9. The lowest BCUT2D eigenvalue weighted by atomic mass is 10.1. The van der Waals surface area contributed by atoms with E-state index in [-0.39, 0.29) is 28.8 Å². The van der Waals surface area contributed by atoms with Crippen LogP contribution in [0.3, 0.4) is 0 Å². The van der Waals surface area contributed by atoms with Gasteiger partial charge in [0.2, 0.25) is 0 Å². The SMILES string of the molecule is C=C(OCC)c1nn(CC(=O)O)c(=O)c2ccc(C(F)(F)F)cc12.CO. The van der Waals surface area contributed by atoms with Crippen molar-refractivity contribution in [2.24, 2.45) is 0 Å². The summed E-state index contributed by atoms with van der Waals surface area (Å²) in [5.74, 6) is -1.37. The summed E-state index contributed by atoms with van der Waals surface area (Å²) in [6.45, 7) is 4.66. The molecule has 0 bridgehead atoms. The van der Waals surface area contributed by atoms with Gasteiger partial charge in [0.25, 0.3) is 5.56 Å². The molecule has 2 N–H and O–H groups in total. The zero-order valence-electron chi connectivity index (χ0n) is 14.0. The van der Waals surface area contributed by atoms with Crippen LogP contribution in [-0.4, -0.2) is 39.7 Å². The standard InChI is InChI=1S/C15H13F3N2O4.CH4O/c1-3-24-8(2)13-11-6-9(15(16,17)18)4-5-10(11)14(23)20(19-13)7-12(21)22;1-2/h4-6H,2-3,7H2,1H3,(H,21,22);2H,1H3. The lowest BCUT2D eigenvalue weighted by Crippen LogP contribution is -2.28. The Labute approximate surface area is 145 Å². The van der Waals surface area contributed by atoms with Crippen LogP contribution in [0.15, 0.2) is 29.6 Å². The van der Waals surface area contributed by atoms with Gasteiger partial charge in [-0.15, -0.1) is 0 Å². The molecule has 10 heteroatoms. The third kappa shape index (κ3) is 4.60. The smallest absolute Gasteiger partial charge is 0.416 e. The van der Waals surface area contributed by atoms with Crippen molar-refractivity contribution in [1.82, 2.24) is 9.78 Å². The number of alkyl halides is 3. The summed E-state index contributed by atoms with van der Waals surface area (Å²) in [5.41, 5.74) is -1.88. The summed E-state index contributed by atoms with van der Waals surface area (Å²) in [6.07, 6.45) is -4.60. The molecule has 0 aliphatic carbocycles. The molecule has 0 spiro atoms. The number of halogens is 3. The second-order valence-electron chi connectivity index (χ2n) is 4.82. The number of aliphatic hydroxyl groups is 1. The van der Waals surface area contributed by atoms with Gasteiger partial charge in [0.15, 0.2) is 0 Å². The maximum Gasteiger partial charge on any atom is 0.416 e. The molecule has 0 atom stereocenters. The highest BCUT2D eigenvalue weighted by Gasteiger charge is 2.31. The third-order valence-corrected chi connectivity index (χ3v) is 3.16. The molecule has 1 heterocycles. The van der Waals surface area contributed by atoms with Gasteiger partial charge in [0, 0.05) is 12.5 Å². The molecule has 0 fully saturated rings. The van der Waals surface area contributed by atoms with E-state index in [0.29, 0.717) is 4.68 Å². The zero-order valence-corrected chi connectivity index (χ0v) is 14.0. The molecule has 2 aromatic rings. The number of carbonyl (C=O) groups is 1. The first-order valence-electron chi connectivity index (χ1n) is 7.25. The minimum Gasteiger partial charge on any atom is -0.492 e. The molecular weight excluding hydrogens is 357 g/mol. The number of hydrogen-bond donors (Lipinski definition) is 2. The Morgan fingerprint density at radius 1 is 1.31 bits per heavy atom. The number of ether oxygens (including phenoxy) is 1. The van der Waals surface area contributed by atoms with Crippen LogP contribution in [-0.2, 0) is 22.3 Å². The Morgan fingerprint density at radius 3 is 2.42 bits per heavy atom. The predicted molar refractivity (Wildman–Crippen MR) is 87.4 cm³/mol. The molecule has 0 aliphatic rings. The van der Waals surface area contributed by atoms with Crippen molar-refractivity contribution >= 4 is 22.5 Å². The Kier molecular flexibility index (Phi) is 6.90. The summed E-state index contributed by atoms with van der Waals surface area (Å²) in [7, 11) is 1.00. The number of carboxylic acids is 1. The van der Waals surface area contributed by atoms with Crippen molar-refractivity contribution in [2.75, 3.05) is 13.7 Å². The molecule has 1 aromatic heterocycles. The molecule has 7 nitrogen and oxygen atoms in total. The predicted octanol–water partition coefficient (Wildman–Crippen LogP) is 2.12. The lowest BCUT2D eigenvalue weighted by molar-refractivity contribution is -0.138. The van der Waals surface area contributed by atoms with Crippen molar-refractivity contribution in [2.45, 2.75) is 19.6 Å². The number of fused-ring (bicyclic) bond motifs is 1. The summed E-state index contributed by atoms with van der Waals surface area (Å²) < 4.78 is 44.6. The van der Waals surface area contributed by atoms with Crippen molar-refractivity contribution in [3.63, 3.8) is 0 Å². The fourth-order valence-electron chi connectivity index (χ4n) is 2.15. The van der Waals surface area contributed by atoms with Gasteiger partial charge in [-0.25, -0.2) is 4.68 Å². The fourth-order valence-corrected chi connectivity index (χ4v) is 2.15. The van der Waals surface area contributed by atoms with Crippen LogP contribution in [0.4, 0.5) is 13.2 Å². The van der Waals surface area contributed by atoms with E-state index in [4.69, 9.17) is 14.9 Å². The second kappa shape index (κ2) is 8.48. The molecule has 1 aromatic carbocycles. The average molecular weight is 374 g/mol. The van der Waals surface area contributed by atoms with E-state index in [2.05, 4.69) is 11.7 Å². The van der Waals surface area contributed by atoms with Crippen molar-refractivity contribution in [1.29, 1.82) is 0 Å². The van der Waals surface area contributed by atoms with E-state index >= 15 is 0 Å². The molecule has 142 valence electrons. The van der Waals surface area contributed by atoms with Gasteiger partial charge >= 0.3 is 12.1 Å². The highest BCUT2D eigenvalue weighted by atomic mass is 19.4. The second-order valence-corrected chi connectivity index (χ2v) is 4.82. The molecule has 0 radical (unpaired) electrons. The Hall–Kier alpha value is -2.88. The van der Waals surface area contributed by atoms with E-state index in [1.807, 2.05) is 0 Å². The lowest BCUT2D eigenvalue weighted by Gasteiger charge is -2.14. The number of benzene rings is 1. The van der Waals surface area contributed by atoms with Gasteiger partial charge in [-0.05, 0) is 25.1 Å². The van der Waals surface area contributed by atoms with Crippen LogP contribution < -0.4 is 5.56 Å². The number of hydrogen-bond acceptors (Lipinski definition) is 5. The van der Waals surface area contributed by atoms with E-state index in [1.165, 1.54) is 0 Å². The van der Waals surface area contributed by atoms with Crippen LogP contribution >= 0.6 is 0 Å².